The monoisotopic (exact) mass is 258 g/mol. The minimum atomic E-state index is -0.598. The van der Waals surface area contributed by atoms with Gasteiger partial charge in [-0.3, -0.25) is 0 Å². The molecule has 102 valence electrons. The van der Waals surface area contributed by atoms with Crippen molar-refractivity contribution in [2.45, 2.75) is 19.9 Å². The van der Waals surface area contributed by atoms with E-state index in [0.717, 1.165) is 13.0 Å². The Bertz CT molecular complexity index is 362. The molecule has 0 unspecified atom stereocenters. The molecular formula is C13H20F2N2O. The third kappa shape index (κ3) is 3.92. The van der Waals surface area contributed by atoms with Crippen molar-refractivity contribution in [3.8, 4) is 0 Å². The first-order valence-corrected chi connectivity index (χ1v) is 6.10. The van der Waals surface area contributed by atoms with Gasteiger partial charge in [0, 0.05) is 20.1 Å². The Labute approximate surface area is 106 Å². The SMILES string of the molecule is CCCNCc1cc(F)c(N(C)CCO)c(F)c1. The van der Waals surface area contributed by atoms with Crippen LogP contribution in [0.5, 0.6) is 0 Å². The lowest BCUT2D eigenvalue weighted by Gasteiger charge is -2.20. The predicted molar refractivity (Wildman–Crippen MR) is 68.7 cm³/mol. The molecule has 0 saturated heterocycles. The molecule has 0 heterocycles. The zero-order chi connectivity index (χ0) is 13.5. The molecule has 18 heavy (non-hydrogen) atoms. The van der Waals surface area contributed by atoms with Gasteiger partial charge in [0.05, 0.1) is 6.61 Å². The van der Waals surface area contributed by atoms with Crippen molar-refractivity contribution in [3.63, 3.8) is 0 Å². The van der Waals surface area contributed by atoms with Crippen molar-refractivity contribution >= 4 is 5.69 Å². The number of benzene rings is 1. The summed E-state index contributed by atoms with van der Waals surface area (Å²) in [6.07, 6.45) is 0.974. The molecule has 0 fully saturated rings. The van der Waals surface area contributed by atoms with Crippen molar-refractivity contribution in [1.82, 2.24) is 5.32 Å². The van der Waals surface area contributed by atoms with Crippen LogP contribution in [0.1, 0.15) is 18.9 Å². The van der Waals surface area contributed by atoms with E-state index in [4.69, 9.17) is 5.11 Å². The van der Waals surface area contributed by atoms with Crippen molar-refractivity contribution in [2.75, 3.05) is 31.6 Å². The predicted octanol–water partition coefficient (Wildman–Crippen LogP) is 1.89. The van der Waals surface area contributed by atoms with Gasteiger partial charge in [-0.15, -0.1) is 0 Å². The van der Waals surface area contributed by atoms with E-state index in [1.54, 1.807) is 7.05 Å². The molecule has 3 nitrogen and oxygen atoms in total. The zero-order valence-corrected chi connectivity index (χ0v) is 10.8. The van der Waals surface area contributed by atoms with E-state index in [0.29, 0.717) is 12.1 Å². The van der Waals surface area contributed by atoms with E-state index in [1.165, 1.54) is 17.0 Å². The molecule has 0 aliphatic heterocycles. The smallest absolute Gasteiger partial charge is 0.149 e. The molecule has 0 amide bonds. The first-order chi connectivity index (χ1) is 8.60. The summed E-state index contributed by atoms with van der Waals surface area (Å²) < 4.78 is 27.6. The second kappa shape index (κ2) is 7.28. The maximum absolute atomic E-state index is 13.8. The first kappa shape index (κ1) is 14.9. The van der Waals surface area contributed by atoms with Gasteiger partial charge in [0.25, 0.3) is 0 Å². The van der Waals surface area contributed by atoms with Crippen molar-refractivity contribution in [3.05, 3.63) is 29.3 Å². The number of halogens is 2. The number of likely N-dealkylation sites (N-methyl/N-ethyl adjacent to an activating group) is 1. The first-order valence-electron chi connectivity index (χ1n) is 6.10. The van der Waals surface area contributed by atoms with Crippen LogP contribution in [0.2, 0.25) is 0 Å². The molecule has 2 N–H and O–H groups in total. The maximum atomic E-state index is 13.8. The molecule has 0 aromatic heterocycles. The molecule has 1 aromatic carbocycles. The highest BCUT2D eigenvalue weighted by Crippen LogP contribution is 2.23. The summed E-state index contributed by atoms with van der Waals surface area (Å²) in [4.78, 5) is 1.37. The van der Waals surface area contributed by atoms with Crippen LogP contribution >= 0.6 is 0 Å². The summed E-state index contributed by atoms with van der Waals surface area (Å²) in [6.45, 7) is 3.35. The fourth-order valence-corrected chi connectivity index (χ4v) is 1.76. The lowest BCUT2D eigenvalue weighted by atomic mass is 10.1. The number of hydrogen-bond donors (Lipinski definition) is 2. The molecule has 5 heteroatoms. The van der Waals surface area contributed by atoms with E-state index in [1.807, 2.05) is 6.92 Å². The quantitative estimate of drug-likeness (QED) is 0.733. The minimum absolute atomic E-state index is 0.0942. The largest absolute Gasteiger partial charge is 0.395 e. The van der Waals surface area contributed by atoms with Crippen molar-refractivity contribution in [1.29, 1.82) is 0 Å². The standard InChI is InChI=1S/C13H20F2N2O/c1-3-4-16-9-10-7-11(14)13(12(15)8-10)17(2)5-6-18/h7-8,16,18H,3-6,9H2,1-2H3. The number of aliphatic hydroxyl groups excluding tert-OH is 1. The number of nitrogens with one attached hydrogen (secondary N) is 1. The van der Waals surface area contributed by atoms with Crippen LogP contribution in [-0.4, -0.2) is 31.9 Å². The molecule has 0 aliphatic rings. The van der Waals surface area contributed by atoms with Crippen LogP contribution < -0.4 is 10.2 Å². The average Bonchev–Trinajstić information content (AvgIpc) is 2.28. The van der Waals surface area contributed by atoms with Crippen molar-refractivity contribution in [2.24, 2.45) is 0 Å². The second-order valence-corrected chi connectivity index (χ2v) is 4.23. The van der Waals surface area contributed by atoms with E-state index in [2.05, 4.69) is 5.32 Å². The summed E-state index contributed by atoms with van der Waals surface area (Å²) in [7, 11) is 1.55. The number of anilines is 1. The van der Waals surface area contributed by atoms with E-state index >= 15 is 0 Å². The van der Waals surface area contributed by atoms with Gasteiger partial charge in [0.2, 0.25) is 0 Å². The molecule has 0 atom stereocenters. The topological polar surface area (TPSA) is 35.5 Å². The third-order valence-corrected chi connectivity index (χ3v) is 2.65. The second-order valence-electron chi connectivity index (χ2n) is 4.23. The normalized spacial score (nSPS) is 10.7. The van der Waals surface area contributed by atoms with Crippen LogP contribution in [0.4, 0.5) is 14.5 Å². The lowest BCUT2D eigenvalue weighted by molar-refractivity contribution is 0.303. The number of nitrogens with zero attached hydrogens (tertiary/aromatic N) is 1. The van der Waals surface area contributed by atoms with Gasteiger partial charge in [-0.2, -0.15) is 0 Å². The molecule has 0 aliphatic carbocycles. The summed E-state index contributed by atoms with van der Waals surface area (Å²) in [5, 5.41) is 11.9. The van der Waals surface area contributed by atoms with Gasteiger partial charge in [-0.25, -0.2) is 8.78 Å². The Hall–Kier alpha value is -1.20. The molecule has 1 aromatic rings. The van der Waals surface area contributed by atoms with Gasteiger partial charge < -0.3 is 15.3 Å². The van der Waals surface area contributed by atoms with Crippen molar-refractivity contribution < 1.29 is 13.9 Å². The van der Waals surface area contributed by atoms with E-state index in [-0.39, 0.29) is 18.8 Å². The highest BCUT2D eigenvalue weighted by atomic mass is 19.1. The maximum Gasteiger partial charge on any atom is 0.149 e. The fraction of sp³-hybridized carbons (Fsp3) is 0.538. The van der Waals surface area contributed by atoms with Crippen LogP contribution in [0.15, 0.2) is 12.1 Å². The van der Waals surface area contributed by atoms with E-state index < -0.39 is 11.6 Å². The van der Waals surface area contributed by atoms with Crippen LogP contribution in [0.25, 0.3) is 0 Å². The Balaban J connectivity index is 2.83. The summed E-state index contributed by atoms with van der Waals surface area (Å²) in [5.74, 6) is -1.20. The fourth-order valence-electron chi connectivity index (χ4n) is 1.76. The third-order valence-electron chi connectivity index (χ3n) is 2.65. The minimum Gasteiger partial charge on any atom is -0.395 e. The molecule has 1 rings (SSSR count). The molecule has 0 saturated carbocycles. The van der Waals surface area contributed by atoms with Crippen LogP contribution in [0, 0.1) is 11.6 Å². The Morgan fingerprint density at radius 3 is 2.39 bits per heavy atom. The zero-order valence-electron chi connectivity index (χ0n) is 10.8. The highest BCUT2D eigenvalue weighted by molar-refractivity contribution is 5.50. The molecule has 0 bridgehead atoms. The van der Waals surface area contributed by atoms with Gasteiger partial charge in [0.15, 0.2) is 0 Å². The van der Waals surface area contributed by atoms with Gasteiger partial charge >= 0.3 is 0 Å². The van der Waals surface area contributed by atoms with Crippen LogP contribution in [-0.2, 0) is 6.54 Å². The van der Waals surface area contributed by atoms with E-state index in [9.17, 15) is 8.78 Å². The van der Waals surface area contributed by atoms with Crippen LogP contribution in [0.3, 0.4) is 0 Å². The number of hydrogen-bond acceptors (Lipinski definition) is 3. The average molecular weight is 258 g/mol. The summed E-state index contributed by atoms with van der Waals surface area (Å²) in [6, 6.07) is 2.66. The molecular weight excluding hydrogens is 238 g/mol. The summed E-state index contributed by atoms with van der Waals surface area (Å²) >= 11 is 0. The Morgan fingerprint density at radius 2 is 1.89 bits per heavy atom. The number of rotatable bonds is 7. The van der Waals surface area contributed by atoms with Gasteiger partial charge in [-0.1, -0.05) is 6.92 Å². The van der Waals surface area contributed by atoms with Gasteiger partial charge in [0.1, 0.15) is 17.3 Å². The summed E-state index contributed by atoms with van der Waals surface area (Å²) in [5.41, 5.74) is 0.489. The highest BCUT2D eigenvalue weighted by Gasteiger charge is 2.14. The number of aliphatic hydroxyl groups is 1. The Kier molecular flexibility index (Phi) is 6.01. The Morgan fingerprint density at radius 1 is 1.28 bits per heavy atom. The lowest BCUT2D eigenvalue weighted by Crippen LogP contribution is -2.24. The van der Waals surface area contributed by atoms with Gasteiger partial charge in [-0.05, 0) is 30.7 Å². The molecule has 0 spiro atoms. The molecule has 0 radical (unpaired) electrons.